The zero-order chi connectivity index (χ0) is 14.4. The van der Waals surface area contributed by atoms with Gasteiger partial charge in [-0.05, 0) is 5.53 Å². The summed E-state index contributed by atoms with van der Waals surface area (Å²) in [5, 5.41) is 25.1. The molecule has 9 heteroatoms. The Morgan fingerprint density at radius 3 is 2.74 bits per heavy atom. The number of carbonyl (C=O) groups excluding carboxylic acids is 2. The van der Waals surface area contributed by atoms with Crippen LogP contribution in [0.25, 0.3) is 10.4 Å². The van der Waals surface area contributed by atoms with E-state index in [0.29, 0.717) is 6.29 Å². The molecule has 5 atom stereocenters. The number of nitrogens with one attached hydrogen (secondary N) is 1. The zero-order valence-electron chi connectivity index (χ0n) is 10.3. The van der Waals surface area contributed by atoms with Crippen molar-refractivity contribution in [2.45, 2.75) is 43.7 Å². The van der Waals surface area contributed by atoms with E-state index in [2.05, 4.69) is 15.3 Å². The van der Waals surface area contributed by atoms with Gasteiger partial charge in [0, 0.05) is 18.3 Å². The number of amides is 1. The van der Waals surface area contributed by atoms with Crippen molar-refractivity contribution in [3.8, 4) is 0 Å². The van der Waals surface area contributed by atoms with Crippen LogP contribution in [0.3, 0.4) is 0 Å². The van der Waals surface area contributed by atoms with Crippen molar-refractivity contribution in [1.82, 2.24) is 5.32 Å². The third kappa shape index (κ3) is 3.65. The monoisotopic (exact) mass is 272 g/mol. The maximum atomic E-state index is 11.1. The first-order valence-corrected chi connectivity index (χ1v) is 5.74. The van der Waals surface area contributed by atoms with Crippen LogP contribution in [0.4, 0.5) is 0 Å². The van der Waals surface area contributed by atoms with Gasteiger partial charge in [0.2, 0.25) is 5.91 Å². The van der Waals surface area contributed by atoms with Gasteiger partial charge in [-0.1, -0.05) is 5.11 Å². The first kappa shape index (κ1) is 15.4. The topological polar surface area (TPSA) is 145 Å². The summed E-state index contributed by atoms with van der Waals surface area (Å²) in [7, 11) is 0. The molecule has 0 spiro atoms. The Bertz CT molecular complexity index is 384. The number of ether oxygens (including phenoxy) is 1. The highest BCUT2D eigenvalue weighted by atomic mass is 16.5. The minimum absolute atomic E-state index is 0.0541. The maximum Gasteiger partial charge on any atom is 0.217 e. The molecular formula is C10H16N4O5. The summed E-state index contributed by atoms with van der Waals surface area (Å²) < 4.78 is 5.40. The van der Waals surface area contributed by atoms with Crippen molar-refractivity contribution in [2.24, 2.45) is 5.11 Å². The molecule has 1 amide bonds. The molecule has 1 heterocycles. The molecule has 0 aromatic carbocycles. The number of aliphatic hydroxyl groups is 2. The third-order valence-corrected chi connectivity index (χ3v) is 2.91. The van der Waals surface area contributed by atoms with Gasteiger partial charge in [0.25, 0.3) is 0 Å². The normalized spacial score (nSPS) is 34.2. The second kappa shape index (κ2) is 7.05. The maximum absolute atomic E-state index is 11.1. The van der Waals surface area contributed by atoms with Crippen LogP contribution < -0.4 is 5.32 Å². The highest BCUT2D eigenvalue weighted by Crippen LogP contribution is 2.25. The molecule has 4 unspecified atom stereocenters. The van der Waals surface area contributed by atoms with Crippen molar-refractivity contribution in [3.63, 3.8) is 0 Å². The molecule has 1 saturated heterocycles. The molecule has 0 aromatic heterocycles. The van der Waals surface area contributed by atoms with Gasteiger partial charge in [-0.15, -0.1) is 0 Å². The van der Waals surface area contributed by atoms with Crippen LogP contribution in [0.15, 0.2) is 5.11 Å². The molecule has 1 fully saturated rings. The van der Waals surface area contributed by atoms with E-state index in [4.69, 9.17) is 15.4 Å². The zero-order valence-corrected chi connectivity index (χ0v) is 10.3. The Hall–Kier alpha value is -1.67. The van der Waals surface area contributed by atoms with E-state index in [1.165, 1.54) is 6.92 Å². The van der Waals surface area contributed by atoms with Gasteiger partial charge in [-0.25, -0.2) is 0 Å². The molecule has 1 aliphatic rings. The fourth-order valence-electron chi connectivity index (χ4n) is 2.11. The minimum Gasteiger partial charge on any atom is -0.394 e. The van der Waals surface area contributed by atoms with E-state index < -0.39 is 42.9 Å². The lowest BCUT2D eigenvalue weighted by molar-refractivity contribution is -0.153. The number of aliphatic hydroxyl groups excluding tert-OH is 2. The van der Waals surface area contributed by atoms with Crippen LogP contribution in [0, 0.1) is 0 Å². The van der Waals surface area contributed by atoms with Crippen molar-refractivity contribution >= 4 is 12.2 Å². The second-order valence-electron chi connectivity index (χ2n) is 4.21. The van der Waals surface area contributed by atoms with E-state index in [1.807, 2.05) is 0 Å². The number of aldehydes is 1. The number of carbonyl (C=O) groups is 2. The number of rotatable bonds is 5. The number of hydrogen-bond donors (Lipinski definition) is 3. The molecule has 3 N–H and O–H groups in total. The van der Waals surface area contributed by atoms with Crippen LogP contribution in [0.2, 0.25) is 0 Å². The Morgan fingerprint density at radius 1 is 1.58 bits per heavy atom. The number of azide groups is 1. The summed E-state index contributed by atoms with van der Waals surface area (Å²) in [6, 6.07) is -1.91. The van der Waals surface area contributed by atoms with E-state index in [1.54, 1.807) is 0 Å². The van der Waals surface area contributed by atoms with Crippen LogP contribution in [0.5, 0.6) is 0 Å². The van der Waals surface area contributed by atoms with E-state index in [0.717, 1.165) is 0 Å². The van der Waals surface area contributed by atoms with Gasteiger partial charge < -0.3 is 25.1 Å². The third-order valence-electron chi connectivity index (χ3n) is 2.91. The van der Waals surface area contributed by atoms with Gasteiger partial charge in [0.1, 0.15) is 6.29 Å². The highest BCUT2D eigenvalue weighted by molar-refractivity contribution is 5.73. The molecule has 0 saturated carbocycles. The lowest BCUT2D eigenvalue weighted by atomic mass is 9.90. The van der Waals surface area contributed by atoms with E-state index in [-0.39, 0.29) is 6.42 Å². The van der Waals surface area contributed by atoms with Crippen LogP contribution in [0.1, 0.15) is 13.3 Å². The Kier molecular flexibility index (Phi) is 5.71. The van der Waals surface area contributed by atoms with Gasteiger partial charge in [-0.3, -0.25) is 4.79 Å². The Morgan fingerprint density at radius 2 is 2.26 bits per heavy atom. The number of hydrogen-bond acceptors (Lipinski definition) is 6. The fourth-order valence-corrected chi connectivity index (χ4v) is 2.11. The predicted molar refractivity (Wildman–Crippen MR) is 63.0 cm³/mol. The lowest BCUT2D eigenvalue weighted by Crippen LogP contribution is -2.63. The minimum atomic E-state index is -1.24. The summed E-state index contributed by atoms with van der Waals surface area (Å²) in [6.45, 7) is 0.786. The average Bonchev–Trinajstić information content (AvgIpc) is 2.36. The summed E-state index contributed by atoms with van der Waals surface area (Å²) >= 11 is 0. The number of nitrogens with zero attached hydrogens (tertiary/aromatic N) is 3. The summed E-state index contributed by atoms with van der Waals surface area (Å²) in [4.78, 5) is 24.3. The lowest BCUT2D eigenvalue weighted by Gasteiger charge is -2.42. The molecule has 19 heavy (non-hydrogen) atoms. The molecule has 1 rings (SSSR count). The highest BCUT2D eigenvalue weighted by Gasteiger charge is 2.44. The molecule has 0 aromatic rings. The van der Waals surface area contributed by atoms with Gasteiger partial charge >= 0.3 is 0 Å². The summed E-state index contributed by atoms with van der Waals surface area (Å²) in [5.74, 6) is -0.411. The summed E-state index contributed by atoms with van der Waals surface area (Å²) in [5.41, 5.74) is 8.45. The fraction of sp³-hybridized carbons (Fsp3) is 0.800. The molecular weight excluding hydrogens is 256 g/mol. The first-order chi connectivity index (χ1) is 9.04. The smallest absolute Gasteiger partial charge is 0.217 e. The summed E-state index contributed by atoms with van der Waals surface area (Å²) in [6.07, 6.45) is -2.40. The van der Waals surface area contributed by atoms with Gasteiger partial charge in [-0.2, -0.15) is 0 Å². The van der Waals surface area contributed by atoms with Crippen molar-refractivity contribution in [1.29, 1.82) is 0 Å². The first-order valence-electron chi connectivity index (χ1n) is 5.74. The van der Waals surface area contributed by atoms with Crippen LogP contribution in [-0.4, -0.2) is 59.4 Å². The molecule has 0 bridgehead atoms. The molecule has 0 radical (unpaired) electrons. The average molecular weight is 272 g/mol. The molecule has 9 nitrogen and oxygen atoms in total. The van der Waals surface area contributed by atoms with Gasteiger partial charge in [0.05, 0.1) is 37.0 Å². The second-order valence-corrected chi connectivity index (χ2v) is 4.21. The predicted octanol–water partition coefficient (Wildman–Crippen LogP) is -1.12. The molecule has 1 aliphatic heterocycles. The van der Waals surface area contributed by atoms with Crippen molar-refractivity contribution in [3.05, 3.63) is 10.4 Å². The molecule has 106 valence electrons. The SMILES string of the molecule is CC(=O)NC1C(O)C(N=[N+]=[N-])C(CO)O[C@H]1CC=O. The van der Waals surface area contributed by atoms with Crippen LogP contribution >= 0.6 is 0 Å². The van der Waals surface area contributed by atoms with Gasteiger partial charge in [0.15, 0.2) is 0 Å². The molecule has 0 aliphatic carbocycles. The van der Waals surface area contributed by atoms with E-state index >= 15 is 0 Å². The van der Waals surface area contributed by atoms with Crippen molar-refractivity contribution in [2.75, 3.05) is 6.61 Å². The quantitative estimate of drug-likeness (QED) is 0.251. The van der Waals surface area contributed by atoms with E-state index in [9.17, 15) is 14.7 Å². The Balaban J connectivity index is 2.98. The van der Waals surface area contributed by atoms with Crippen LogP contribution in [-0.2, 0) is 14.3 Å². The van der Waals surface area contributed by atoms with Crippen molar-refractivity contribution < 1.29 is 24.5 Å². The largest absolute Gasteiger partial charge is 0.394 e. The standard InChI is InChI=1S/C10H16N4O5/c1-5(17)12-8-6(2-3-15)19-7(4-16)9(10(8)18)13-14-11/h3,6-10,16,18H,2,4H2,1H3,(H,12,17)/t6-,7?,8?,9?,10?/m0/s1. The Labute approximate surface area is 109 Å².